The van der Waals surface area contributed by atoms with E-state index < -0.39 is 11.7 Å². The first-order chi connectivity index (χ1) is 10.8. The summed E-state index contributed by atoms with van der Waals surface area (Å²) in [6.07, 6.45) is 3.72. The summed E-state index contributed by atoms with van der Waals surface area (Å²) < 4.78 is 10.5. The number of nitrogens with two attached hydrogens (primary N) is 1. The Kier molecular flexibility index (Phi) is 7.82. The van der Waals surface area contributed by atoms with Gasteiger partial charge in [0, 0.05) is 12.6 Å². The highest BCUT2D eigenvalue weighted by Gasteiger charge is 2.32. The van der Waals surface area contributed by atoms with E-state index >= 15 is 0 Å². The smallest absolute Gasteiger partial charge is 0.407 e. The van der Waals surface area contributed by atoms with Crippen LogP contribution in [0.15, 0.2) is 0 Å². The third-order valence-electron chi connectivity index (χ3n) is 4.08. The Morgan fingerprint density at radius 3 is 2.30 bits per heavy atom. The van der Waals surface area contributed by atoms with Gasteiger partial charge in [-0.05, 0) is 58.8 Å². The van der Waals surface area contributed by atoms with Crippen LogP contribution in [0, 0.1) is 11.8 Å². The number of rotatable bonds is 6. The van der Waals surface area contributed by atoms with Crippen LogP contribution in [0.4, 0.5) is 4.79 Å². The first-order valence-corrected chi connectivity index (χ1v) is 8.63. The number of nitrogens with one attached hydrogen (secondary N) is 1. The van der Waals surface area contributed by atoms with Gasteiger partial charge in [-0.3, -0.25) is 4.79 Å². The molecule has 1 amide bonds. The van der Waals surface area contributed by atoms with Crippen LogP contribution in [-0.2, 0) is 14.3 Å². The summed E-state index contributed by atoms with van der Waals surface area (Å²) in [5.41, 5.74) is 5.29. The van der Waals surface area contributed by atoms with Crippen molar-refractivity contribution in [3.05, 3.63) is 0 Å². The van der Waals surface area contributed by atoms with Gasteiger partial charge in [0.1, 0.15) is 5.60 Å². The number of esters is 1. The molecule has 0 aromatic heterocycles. The Balaban J connectivity index is 2.44. The topological polar surface area (TPSA) is 90.6 Å². The van der Waals surface area contributed by atoms with E-state index in [0.717, 1.165) is 32.1 Å². The summed E-state index contributed by atoms with van der Waals surface area (Å²) in [5, 5.41) is 2.87. The Bertz CT molecular complexity index is 385. The van der Waals surface area contributed by atoms with Crippen molar-refractivity contribution in [3.63, 3.8) is 0 Å². The van der Waals surface area contributed by atoms with Crippen molar-refractivity contribution in [2.24, 2.45) is 17.6 Å². The second-order valence-corrected chi connectivity index (χ2v) is 7.27. The fourth-order valence-corrected chi connectivity index (χ4v) is 2.91. The average molecular weight is 328 g/mol. The van der Waals surface area contributed by atoms with E-state index in [4.69, 9.17) is 15.2 Å². The predicted molar refractivity (Wildman–Crippen MR) is 88.9 cm³/mol. The molecule has 1 atom stereocenters. The van der Waals surface area contributed by atoms with Gasteiger partial charge in [0.05, 0.1) is 12.5 Å². The molecule has 1 unspecified atom stereocenters. The third kappa shape index (κ3) is 7.20. The van der Waals surface area contributed by atoms with Crippen LogP contribution >= 0.6 is 0 Å². The molecule has 1 fully saturated rings. The Hall–Kier alpha value is -1.30. The predicted octanol–water partition coefficient (Wildman–Crippen LogP) is 2.60. The van der Waals surface area contributed by atoms with Crippen molar-refractivity contribution < 1.29 is 19.1 Å². The van der Waals surface area contributed by atoms with Crippen molar-refractivity contribution in [2.45, 2.75) is 71.4 Å². The summed E-state index contributed by atoms with van der Waals surface area (Å²) in [5.74, 6) is 0.176. The van der Waals surface area contributed by atoms with E-state index in [1.54, 1.807) is 0 Å². The number of ether oxygens (including phenoxy) is 2. The van der Waals surface area contributed by atoms with Crippen LogP contribution in [0.2, 0.25) is 0 Å². The normalized spacial score (nSPS) is 23.0. The van der Waals surface area contributed by atoms with Gasteiger partial charge in [-0.25, -0.2) is 4.79 Å². The van der Waals surface area contributed by atoms with E-state index in [0.29, 0.717) is 13.2 Å². The Labute approximate surface area is 139 Å². The fraction of sp³-hybridized carbons (Fsp3) is 0.882. The molecule has 23 heavy (non-hydrogen) atoms. The average Bonchev–Trinajstić information content (AvgIpc) is 2.48. The molecule has 0 heterocycles. The number of hydrogen-bond donors (Lipinski definition) is 2. The lowest BCUT2D eigenvalue weighted by molar-refractivity contribution is -0.150. The first kappa shape index (κ1) is 19.7. The van der Waals surface area contributed by atoms with Gasteiger partial charge in [0.25, 0.3) is 0 Å². The fourth-order valence-electron chi connectivity index (χ4n) is 2.91. The molecular formula is C17H32N2O4. The molecule has 1 saturated carbocycles. The van der Waals surface area contributed by atoms with Gasteiger partial charge >= 0.3 is 12.1 Å². The molecule has 0 aliphatic heterocycles. The zero-order valence-electron chi connectivity index (χ0n) is 14.9. The molecule has 134 valence electrons. The van der Waals surface area contributed by atoms with Gasteiger partial charge in [-0.2, -0.15) is 0 Å². The number of hydrogen-bond acceptors (Lipinski definition) is 5. The van der Waals surface area contributed by atoms with E-state index in [-0.39, 0.29) is 23.8 Å². The summed E-state index contributed by atoms with van der Waals surface area (Å²) in [6, 6.07) is -0.113. The van der Waals surface area contributed by atoms with E-state index in [9.17, 15) is 9.59 Å². The zero-order chi connectivity index (χ0) is 17.5. The molecular weight excluding hydrogens is 296 g/mol. The van der Waals surface area contributed by atoms with Crippen LogP contribution < -0.4 is 11.1 Å². The SMILES string of the molecule is CCCOC(=O)C1CCC(C(CN)NC(=O)OC(C)(C)C)CC1. The molecule has 0 spiro atoms. The lowest BCUT2D eigenvalue weighted by Crippen LogP contribution is -2.48. The first-order valence-electron chi connectivity index (χ1n) is 8.63. The highest BCUT2D eigenvalue weighted by molar-refractivity contribution is 5.72. The third-order valence-corrected chi connectivity index (χ3v) is 4.08. The second kappa shape index (κ2) is 9.11. The second-order valence-electron chi connectivity index (χ2n) is 7.27. The molecule has 0 aromatic carbocycles. The highest BCUT2D eigenvalue weighted by Crippen LogP contribution is 2.31. The molecule has 0 bridgehead atoms. The minimum atomic E-state index is -0.524. The molecule has 0 saturated heterocycles. The maximum atomic E-state index is 11.9. The van der Waals surface area contributed by atoms with E-state index in [1.807, 2.05) is 27.7 Å². The minimum absolute atomic E-state index is 0.0160. The lowest BCUT2D eigenvalue weighted by atomic mass is 9.78. The van der Waals surface area contributed by atoms with Crippen LogP contribution in [0.1, 0.15) is 59.8 Å². The van der Waals surface area contributed by atoms with Gasteiger partial charge in [0.2, 0.25) is 0 Å². The van der Waals surface area contributed by atoms with Crippen LogP contribution in [0.25, 0.3) is 0 Å². The zero-order valence-corrected chi connectivity index (χ0v) is 14.9. The van der Waals surface area contributed by atoms with Crippen molar-refractivity contribution in [3.8, 4) is 0 Å². The Morgan fingerprint density at radius 2 is 1.83 bits per heavy atom. The molecule has 1 aliphatic carbocycles. The monoisotopic (exact) mass is 328 g/mol. The molecule has 1 aliphatic rings. The molecule has 6 nitrogen and oxygen atoms in total. The van der Waals surface area contributed by atoms with Gasteiger partial charge < -0.3 is 20.5 Å². The van der Waals surface area contributed by atoms with Crippen LogP contribution in [0.3, 0.4) is 0 Å². The van der Waals surface area contributed by atoms with Crippen molar-refractivity contribution in [1.82, 2.24) is 5.32 Å². The standard InChI is InChI=1S/C17H32N2O4/c1-5-10-22-15(20)13-8-6-12(7-9-13)14(11-18)19-16(21)23-17(2,3)4/h12-14H,5-11,18H2,1-4H3,(H,19,21). The summed E-state index contributed by atoms with van der Waals surface area (Å²) in [4.78, 5) is 23.8. The van der Waals surface area contributed by atoms with E-state index in [1.165, 1.54) is 0 Å². The maximum Gasteiger partial charge on any atom is 0.407 e. The maximum absolute atomic E-state index is 11.9. The molecule has 3 N–H and O–H groups in total. The van der Waals surface area contributed by atoms with Crippen molar-refractivity contribution in [2.75, 3.05) is 13.2 Å². The molecule has 1 rings (SSSR count). The van der Waals surface area contributed by atoms with Crippen LogP contribution in [0.5, 0.6) is 0 Å². The minimum Gasteiger partial charge on any atom is -0.465 e. The summed E-state index contributed by atoms with van der Waals surface area (Å²) in [7, 11) is 0. The quantitative estimate of drug-likeness (QED) is 0.731. The molecule has 0 radical (unpaired) electrons. The highest BCUT2D eigenvalue weighted by atomic mass is 16.6. The summed E-state index contributed by atoms with van der Waals surface area (Å²) in [6.45, 7) is 8.34. The van der Waals surface area contributed by atoms with Crippen molar-refractivity contribution in [1.29, 1.82) is 0 Å². The van der Waals surface area contributed by atoms with Gasteiger partial charge in [-0.15, -0.1) is 0 Å². The van der Waals surface area contributed by atoms with Gasteiger partial charge in [-0.1, -0.05) is 6.92 Å². The molecule has 0 aromatic rings. The lowest BCUT2D eigenvalue weighted by Gasteiger charge is -2.33. The largest absolute Gasteiger partial charge is 0.465 e. The molecule has 6 heteroatoms. The Morgan fingerprint density at radius 1 is 1.22 bits per heavy atom. The number of amides is 1. The summed E-state index contributed by atoms with van der Waals surface area (Å²) >= 11 is 0. The van der Waals surface area contributed by atoms with Gasteiger partial charge in [0.15, 0.2) is 0 Å². The van der Waals surface area contributed by atoms with Crippen LogP contribution in [-0.4, -0.2) is 36.9 Å². The number of carbonyl (C=O) groups is 2. The number of carbonyl (C=O) groups excluding carboxylic acids is 2. The van der Waals surface area contributed by atoms with Crippen molar-refractivity contribution >= 4 is 12.1 Å². The van der Waals surface area contributed by atoms with E-state index in [2.05, 4.69) is 5.32 Å². The number of alkyl carbamates (subject to hydrolysis) is 1.